The fourth-order valence-electron chi connectivity index (χ4n) is 1.39. The third-order valence-electron chi connectivity index (χ3n) is 2.20. The summed E-state index contributed by atoms with van der Waals surface area (Å²) < 4.78 is 5.01. The van der Waals surface area contributed by atoms with Gasteiger partial charge in [-0.1, -0.05) is 41.7 Å². The summed E-state index contributed by atoms with van der Waals surface area (Å²) in [6.45, 7) is 2.15. The highest BCUT2D eigenvalue weighted by Crippen LogP contribution is 2.25. The lowest BCUT2D eigenvalue weighted by Gasteiger charge is -2.28. The third kappa shape index (κ3) is 2.86. The smallest absolute Gasteiger partial charge is 0.407 e. The van der Waals surface area contributed by atoms with E-state index in [4.69, 9.17) is 0 Å². The lowest BCUT2D eigenvalue weighted by atomic mass is 9.93. The average Bonchev–Trinajstić information content (AvgIpc) is 2.13. The number of nitrogens with one attached hydrogen (secondary N) is 1. The molecule has 0 spiro atoms. The Morgan fingerprint density at radius 2 is 2.38 bits per heavy atom. The maximum absolute atomic E-state index is 11.0. The van der Waals surface area contributed by atoms with Gasteiger partial charge in [-0.25, -0.2) is 4.79 Å². The van der Waals surface area contributed by atoms with Gasteiger partial charge in [-0.2, -0.15) is 0 Å². The van der Waals surface area contributed by atoms with Gasteiger partial charge in [-0.15, -0.1) is 0 Å². The molecule has 0 heterocycles. The fourth-order valence-corrected chi connectivity index (χ4v) is 2.10. The molecule has 0 radical (unpaired) electrons. The zero-order valence-electron chi connectivity index (χ0n) is 7.79. The molecule has 0 unspecified atom stereocenters. The van der Waals surface area contributed by atoms with Gasteiger partial charge in [0, 0.05) is 9.97 Å². The minimum Gasteiger partial charge on any atom is -0.453 e. The molecular weight excluding hydrogens is 281 g/mol. The lowest BCUT2D eigenvalue weighted by molar-refractivity contribution is 0.165. The first kappa shape index (κ1) is 10.8. The second kappa shape index (κ2) is 4.83. The number of amides is 1. The van der Waals surface area contributed by atoms with Crippen molar-refractivity contribution in [2.45, 2.75) is 23.3 Å². The summed E-state index contributed by atoms with van der Waals surface area (Å²) in [5, 5.41) is 2.83. The van der Waals surface area contributed by atoms with Crippen molar-refractivity contribution in [2.24, 2.45) is 5.92 Å². The summed E-state index contributed by atoms with van der Waals surface area (Å²) in [4.78, 5) is 11.0. The van der Waals surface area contributed by atoms with Gasteiger partial charge < -0.3 is 10.1 Å². The molecule has 1 N–H and O–H groups in total. The van der Waals surface area contributed by atoms with Crippen LogP contribution in [0.5, 0.6) is 0 Å². The van der Waals surface area contributed by atoms with Crippen LogP contribution in [0.3, 0.4) is 0 Å². The van der Waals surface area contributed by atoms with E-state index in [0.29, 0.717) is 9.84 Å². The van der Waals surface area contributed by atoms with Crippen LogP contribution in [0.25, 0.3) is 0 Å². The van der Waals surface area contributed by atoms with Crippen molar-refractivity contribution < 1.29 is 9.53 Å². The van der Waals surface area contributed by atoms with Crippen LogP contribution in [0.4, 0.5) is 4.79 Å². The van der Waals surface area contributed by atoms with Crippen LogP contribution in [0.15, 0.2) is 12.2 Å². The van der Waals surface area contributed by atoms with Crippen LogP contribution in [0, 0.1) is 5.92 Å². The Hall–Kier alpha value is -0.260. The summed E-state index contributed by atoms with van der Waals surface area (Å²) in [6.07, 6.45) is 4.86. The van der Waals surface area contributed by atoms with Gasteiger partial charge >= 0.3 is 6.09 Å². The van der Waals surface area contributed by atoms with E-state index in [-0.39, 0.29) is 12.1 Å². The van der Waals surface area contributed by atoms with E-state index in [2.05, 4.69) is 51.7 Å². The molecule has 0 aromatic carbocycles. The zero-order chi connectivity index (χ0) is 9.84. The van der Waals surface area contributed by atoms with Gasteiger partial charge in [-0.3, -0.25) is 0 Å². The second-order valence-electron chi connectivity index (χ2n) is 3.21. The van der Waals surface area contributed by atoms with E-state index in [0.717, 1.165) is 6.42 Å². The van der Waals surface area contributed by atoms with Crippen molar-refractivity contribution in [2.75, 3.05) is 7.11 Å². The van der Waals surface area contributed by atoms with Crippen molar-refractivity contribution in [1.82, 2.24) is 5.32 Å². The number of carbonyl (C=O) groups is 1. The van der Waals surface area contributed by atoms with Crippen LogP contribution in [0.2, 0.25) is 0 Å². The molecule has 0 saturated carbocycles. The van der Waals surface area contributed by atoms with Gasteiger partial charge in [0.1, 0.15) is 0 Å². The number of hydrogen-bond acceptors (Lipinski definition) is 2. The molecule has 3 atom stereocenters. The van der Waals surface area contributed by atoms with E-state index >= 15 is 0 Å². The molecule has 1 amide bonds. The number of carbonyl (C=O) groups excluding carboxylic acids is 1. The van der Waals surface area contributed by atoms with Gasteiger partial charge in [0.15, 0.2) is 0 Å². The van der Waals surface area contributed by atoms with E-state index in [1.54, 1.807) is 0 Å². The molecule has 0 aliphatic heterocycles. The highest BCUT2D eigenvalue weighted by atomic mass is 127. The summed E-state index contributed by atoms with van der Waals surface area (Å²) >= 11 is 2.37. The number of alkyl halides is 1. The Kier molecular flexibility index (Phi) is 4.02. The predicted molar refractivity (Wildman–Crippen MR) is 60.1 cm³/mol. The van der Waals surface area contributed by atoms with E-state index in [1.165, 1.54) is 7.11 Å². The van der Waals surface area contributed by atoms with Crippen LogP contribution >= 0.6 is 22.6 Å². The normalized spacial score (nSPS) is 32.7. The minimum absolute atomic E-state index is 0.202. The van der Waals surface area contributed by atoms with Gasteiger partial charge in [0.2, 0.25) is 0 Å². The molecule has 1 aliphatic carbocycles. The summed E-state index contributed by atoms with van der Waals surface area (Å²) in [7, 11) is 1.39. The minimum atomic E-state index is -0.339. The topological polar surface area (TPSA) is 38.3 Å². The lowest BCUT2D eigenvalue weighted by Crippen LogP contribution is -2.44. The number of ether oxygens (including phenoxy) is 1. The highest BCUT2D eigenvalue weighted by Gasteiger charge is 2.26. The highest BCUT2D eigenvalue weighted by molar-refractivity contribution is 14.1. The quantitative estimate of drug-likeness (QED) is 0.457. The fraction of sp³-hybridized carbons (Fsp3) is 0.667. The monoisotopic (exact) mass is 295 g/mol. The largest absolute Gasteiger partial charge is 0.453 e. The summed E-state index contributed by atoms with van der Waals surface area (Å²) in [5.41, 5.74) is 0. The number of rotatable bonds is 1. The average molecular weight is 295 g/mol. The van der Waals surface area contributed by atoms with Gasteiger partial charge in [0.25, 0.3) is 0 Å². The Labute approximate surface area is 92.1 Å². The molecule has 0 aromatic heterocycles. The van der Waals surface area contributed by atoms with Crippen molar-refractivity contribution in [3.8, 4) is 0 Å². The van der Waals surface area contributed by atoms with Crippen LogP contribution < -0.4 is 5.32 Å². The standard InChI is InChI=1S/C9H14INO2/c1-6-4-3-5-7(8(6)10)11-9(12)13-2/h3-4,6-8H,5H2,1-2H3,(H,11,12)/t6-,7+,8-/m0/s1. The molecule has 0 aromatic rings. The third-order valence-corrected chi connectivity index (χ3v) is 4.21. The molecular formula is C9H14INO2. The SMILES string of the molecule is COC(=O)N[C@@H]1CC=C[C@H](C)[C@@H]1I. The Morgan fingerprint density at radius 1 is 1.69 bits per heavy atom. The van der Waals surface area contributed by atoms with E-state index in [1.807, 2.05) is 0 Å². The molecule has 0 bridgehead atoms. The van der Waals surface area contributed by atoms with Crippen molar-refractivity contribution >= 4 is 28.7 Å². The summed E-state index contributed by atoms with van der Waals surface area (Å²) in [5.74, 6) is 0.511. The van der Waals surface area contributed by atoms with Crippen molar-refractivity contribution in [3.63, 3.8) is 0 Å². The van der Waals surface area contributed by atoms with E-state index in [9.17, 15) is 4.79 Å². The molecule has 1 rings (SSSR count). The van der Waals surface area contributed by atoms with Crippen LogP contribution in [-0.2, 0) is 4.74 Å². The number of allylic oxidation sites excluding steroid dienone is 1. The molecule has 3 nitrogen and oxygen atoms in total. The second-order valence-corrected chi connectivity index (χ2v) is 4.65. The zero-order valence-corrected chi connectivity index (χ0v) is 9.95. The molecule has 13 heavy (non-hydrogen) atoms. The Balaban J connectivity index is 2.51. The first-order valence-corrected chi connectivity index (χ1v) is 5.55. The van der Waals surface area contributed by atoms with Crippen LogP contribution in [0.1, 0.15) is 13.3 Å². The number of alkyl carbamates (subject to hydrolysis) is 1. The number of halogens is 1. The van der Waals surface area contributed by atoms with Crippen molar-refractivity contribution in [3.05, 3.63) is 12.2 Å². The summed E-state index contributed by atoms with van der Waals surface area (Å²) in [6, 6.07) is 0.202. The molecule has 0 fully saturated rings. The molecule has 1 aliphatic rings. The Morgan fingerprint density at radius 3 is 3.00 bits per heavy atom. The van der Waals surface area contributed by atoms with Crippen molar-refractivity contribution in [1.29, 1.82) is 0 Å². The maximum atomic E-state index is 11.0. The first-order valence-electron chi connectivity index (χ1n) is 4.30. The molecule has 0 saturated heterocycles. The van der Waals surface area contributed by atoms with Gasteiger partial charge in [-0.05, 0) is 12.3 Å². The molecule has 4 heteroatoms. The Bertz CT molecular complexity index is 218. The van der Waals surface area contributed by atoms with E-state index < -0.39 is 0 Å². The van der Waals surface area contributed by atoms with Crippen LogP contribution in [-0.4, -0.2) is 23.2 Å². The predicted octanol–water partition coefficient (Wildman–Crippen LogP) is 2.11. The number of hydrogen-bond donors (Lipinski definition) is 1. The number of methoxy groups -OCH3 is 1. The first-order chi connectivity index (χ1) is 6.15. The van der Waals surface area contributed by atoms with Gasteiger partial charge in [0.05, 0.1) is 7.11 Å². The molecule has 74 valence electrons. The maximum Gasteiger partial charge on any atom is 0.407 e.